The Labute approximate surface area is 125 Å². The number of nitrogens with zero attached hydrogens (tertiary/aromatic N) is 1. The molecule has 4 nitrogen and oxygen atoms in total. The molecule has 0 bridgehead atoms. The number of hydrogen-bond donors (Lipinski definition) is 2. The summed E-state index contributed by atoms with van der Waals surface area (Å²) >= 11 is 1.99. The number of amides is 1. The second-order valence-electron chi connectivity index (χ2n) is 5.57. The van der Waals surface area contributed by atoms with Crippen molar-refractivity contribution < 1.29 is 4.79 Å². The van der Waals surface area contributed by atoms with Gasteiger partial charge >= 0.3 is 0 Å². The van der Waals surface area contributed by atoms with Crippen molar-refractivity contribution in [2.24, 2.45) is 0 Å². The summed E-state index contributed by atoms with van der Waals surface area (Å²) in [5.74, 6) is 0.0324. The first-order valence-corrected chi connectivity index (χ1v) is 7.92. The monoisotopic (exact) mass is 293 g/mol. The molecule has 110 valence electrons. The van der Waals surface area contributed by atoms with Gasteiger partial charge in [-0.2, -0.15) is 11.8 Å². The summed E-state index contributed by atoms with van der Waals surface area (Å²) in [6.45, 7) is 8.79. The Hall–Kier alpha value is -1.20. The molecule has 2 atom stereocenters. The van der Waals surface area contributed by atoms with E-state index in [0.29, 0.717) is 22.7 Å². The third kappa shape index (κ3) is 4.15. The van der Waals surface area contributed by atoms with E-state index in [1.54, 1.807) is 0 Å². The molecule has 0 spiro atoms. The lowest BCUT2D eigenvalue weighted by molar-refractivity contribution is -0.117. The molecule has 3 N–H and O–H groups in total. The Morgan fingerprint density at radius 2 is 2.05 bits per heavy atom. The van der Waals surface area contributed by atoms with Crippen LogP contribution in [0.15, 0.2) is 18.2 Å². The summed E-state index contributed by atoms with van der Waals surface area (Å²) < 4.78 is 0. The number of carbonyl (C=O) groups is 1. The number of rotatable bonds is 3. The van der Waals surface area contributed by atoms with Crippen LogP contribution in [-0.4, -0.2) is 40.9 Å². The zero-order valence-electron chi connectivity index (χ0n) is 12.3. The number of hydrogen-bond acceptors (Lipinski definition) is 4. The van der Waals surface area contributed by atoms with Crippen LogP contribution in [0.4, 0.5) is 11.4 Å². The number of anilines is 2. The first-order valence-electron chi connectivity index (χ1n) is 6.98. The molecule has 0 radical (unpaired) electrons. The molecule has 0 aromatic heterocycles. The molecule has 0 aliphatic carbocycles. The first kappa shape index (κ1) is 15.2. The van der Waals surface area contributed by atoms with Gasteiger partial charge in [0.1, 0.15) is 0 Å². The van der Waals surface area contributed by atoms with Gasteiger partial charge in [0.15, 0.2) is 0 Å². The Bertz CT molecular complexity index is 482. The summed E-state index contributed by atoms with van der Waals surface area (Å²) in [7, 11) is 0. The van der Waals surface area contributed by atoms with E-state index in [-0.39, 0.29) is 5.91 Å². The Morgan fingerprint density at radius 3 is 2.70 bits per heavy atom. The van der Waals surface area contributed by atoms with Gasteiger partial charge in [-0.25, -0.2) is 0 Å². The summed E-state index contributed by atoms with van der Waals surface area (Å²) in [5, 5.41) is 4.13. The highest BCUT2D eigenvalue weighted by atomic mass is 32.2. The fourth-order valence-corrected chi connectivity index (χ4v) is 3.97. The van der Waals surface area contributed by atoms with Crippen LogP contribution in [0.5, 0.6) is 0 Å². The van der Waals surface area contributed by atoms with Crippen molar-refractivity contribution in [1.29, 1.82) is 0 Å². The summed E-state index contributed by atoms with van der Waals surface area (Å²) in [6, 6.07) is 5.58. The zero-order valence-corrected chi connectivity index (χ0v) is 13.2. The molecule has 1 heterocycles. The molecule has 1 amide bonds. The van der Waals surface area contributed by atoms with E-state index >= 15 is 0 Å². The van der Waals surface area contributed by atoms with E-state index in [9.17, 15) is 4.79 Å². The maximum Gasteiger partial charge on any atom is 0.238 e. The predicted molar refractivity (Wildman–Crippen MR) is 87.2 cm³/mol. The average molecular weight is 293 g/mol. The molecule has 2 unspecified atom stereocenters. The number of carbonyl (C=O) groups excluding carboxylic acids is 1. The van der Waals surface area contributed by atoms with Gasteiger partial charge < -0.3 is 11.1 Å². The lowest BCUT2D eigenvalue weighted by atomic mass is 10.2. The average Bonchev–Trinajstić information content (AvgIpc) is 2.32. The van der Waals surface area contributed by atoms with E-state index in [4.69, 9.17) is 5.73 Å². The van der Waals surface area contributed by atoms with E-state index in [0.717, 1.165) is 24.3 Å². The van der Waals surface area contributed by atoms with Gasteiger partial charge in [0.25, 0.3) is 0 Å². The number of benzene rings is 1. The summed E-state index contributed by atoms with van der Waals surface area (Å²) in [5.41, 5.74) is 8.27. The van der Waals surface area contributed by atoms with Gasteiger partial charge in [0.2, 0.25) is 5.91 Å². The minimum atomic E-state index is 0.0324. The van der Waals surface area contributed by atoms with E-state index in [1.165, 1.54) is 0 Å². The van der Waals surface area contributed by atoms with E-state index in [1.807, 2.05) is 36.9 Å². The third-order valence-corrected chi connectivity index (χ3v) is 4.63. The summed E-state index contributed by atoms with van der Waals surface area (Å²) in [6.07, 6.45) is 0. The number of nitrogen functional groups attached to an aromatic ring is 1. The fraction of sp³-hybridized carbons (Fsp3) is 0.533. The van der Waals surface area contributed by atoms with Gasteiger partial charge in [-0.15, -0.1) is 0 Å². The molecule has 5 heteroatoms. The van der Waals surface area contributed by atoms with Gasteiger partial charge in [0, 0.05) is 35.0 Å². The van der Waals surface area contributed by atoms with Crippen LogP contribution in [0.3, 0.4) is 0 Å². The van der Waals surface area contributed by atoms with Gasteiger partial charge in [-0.3, -0.25) is 9.69 Å². The van der Waals surface area contributed by atoms with E-state index < -0.39 is 0 Å². The maximum absolute atomic E-state index is 12.2. The second kappa shape index (κ2) is 6.50. The molecular weight excluding hydrogens is 270 g/mol. The molecule has 1 aromatic carbocycles. The molecule has 1 aliphatic rings. The smallest absolute Gasteiger partial charge is 0.238 e. The highest BCUT2D eigenvalue weighted by Crippen LogP contribution is 2.24. The van der Waals surface area contributed by atoms with Crippen molar-refractivity contribution in [2.45, 2.75) is 31.3 Å². The van der Waals surface area contributed by atoms with Crippen LogP contribution in [-0.2, 0) is 4.79 Å². The molecule has 0 saturated carbocycles. The van der Waals surface area contributed by atoms with Crippen molar-refractivity contribution in [3.8, 4) is 0 Å². The fourth-order valence-electron chi connectivity index (χ4n) is 2.58. The quantitative estimate of drug-likeness (QED) is 0.840. The maximum atomic E-state index is 12.2. The van der Waals surface area contributed by atoms with Crippen molar-refractivity contribution in [3.63, 3.8) is 0 Å². The van der Waals surface area contributed by atoms with Crippen LogP contribution in [0.25, 0.3) is 0 Å². The van der Waals surface area contributed by atoms with Crippen molar-refractivity contribution in [1.82, 2.24) is 4.90 Å². The molecular formula is C15H23N3OS. The number of nitrogens with two attached hydrogens (primary N) is 1. The van der Waals surface area contributed by atoms with Gasteiger partial charge in [-0.05, 0) is 24.6 Å². The van der Waals surface area contributed by atoms with Gasteiger partial charge in [-0.1, -0.05) is 19.9 Å². The molecule has 1 fully saturated rings. The minimum Gasteiger partial charge on any atom is -0.399 e. The minimum absolute atomic E-state index is 0.0324. The molecule has 20 heavy (non-hydrogen) atoms. The van der Waals surface area contributed by atoms with Crippen molar-refractivity contribution >= 4 is 29.0 Å². The number of thioether (sulfide) groups is 1. The standard InChI is InChI=1S/C15H23N3OS/c1-10-4-5-13(16)6-14(10)17-15(19)9-18-7-11(2)20-12(3)8-18/h4-6,11-12H,7-9,16H2,1-3H3,(H,17,19). The van der Waals surface area contributed by atoms with Crippen LogP contribution < -0.4 is 11.1 Å². The molecule has 2 rings (SSSR count). The lowest BCUT2D eigenvalue weighted by Gasteiger charge is -2.34. The van der Waals surface area contributed by atoms with Crippen LogP contribution in [0, 0.1) is 6.92 Å². The Kier molecular flexibility index (Phi) is 4.94. The lowest BCUT2D eigenvalue weighted by Crippen LogP contribution is -2.44. The highest BCUT2D eigenvalue weighted by Gasteiger charge is 2.23. The van der Waals surface area contributed by atoms with Gasteiger partial charge in [0.05, 0.1) is 6.54 Å². The van der Waals surface area contributed by atoms with Crippen molar-refractivity contribution in [2.75, 3.05) is 30.7 Å². The van der Waals surface area contributed by atoms with Crippen LogP contribution in [0.2, 0.25) is 0 Å². The number of aryl methyl sites for hydroxylation is 1. The topological polar surface area (TPSA) is 58.4 Å². The Morgan fingerprint density at radius 1 is 1.40 bits per heavy atom. The predicted octanol–water partition coefficient (Wildman–Crippen LogP) is 2.34. The largest absolute Gasteiger partial charge is 0.399 e. The third-order valence-electron chi connectivity index (χ3n) is 3.40. The SMILES string of the molecule is Cc1ccc(N)cc1NC(=O)CN1CC(C)SC(C)C1. The zero-order chi connectivity index (χ0) is 14.7. The molecule has 1 aliphatic heterocycles. The van der Waals surface area contributed by atoms with Crippen LogP contribution >= 0.6 is 11.8 Å². The molecule has 1 aromatic rings. The highest BCUT2D eigenvalue weighted by molar-refractivity contribution is 8.00. The van der Waals surface area contributed by atoms with Crippen molar-refractivity contribution in [3.05, 3.63) is 23.8 Å². The Balaban J connectivity index is 1.93. The van der Waals surface area contributed by atoms with Crippen LogP contribution in [0.1, 0.15) is 19.4 Å². The second-order valence-corrected chi connectivity index (χ2v) is 7.46. The normalized spacial score (nSPS) is 23.6. The first-order chi connectivity index (χ1) is 9.44. The summed E-state index contributed by atoms with van der Waals surface area (Å²) in [4.78, 5) is 14.4. The molecule has 1 saturated heterocycles. The number of nitrogens with one attached hydrogen (secondary N) is 1. The van der Waals surface area contributed by atoms with E-state index in [2.05, 4.69) is 24.1 Å².